The molecule has 2 aliphatic heterocycles. The summed E-state index contributed by atoms with van der Waals surface area (Å²) in [6.45, 7) is 1.93. The maximum absolute atomic E-state index is 11.5. The zero-order valence-electron chi connectivity index (χ0n) is 7.36. The minimum absolute atomic E-state index is 0.0253. The van der Waals surface area contributed by atoms with Crippen molar-refractivity contribution in [2.45, 2.75) is 33.8 Å². The molecule has 1 aliphatic carbocycles. The summed E-state index contributed by atoms with van der Waals surface area (Å²) in [5, 5.41) is 9.21. The number of carboxylic acids is 1. The van der Waals surface area contributed by atoms with Gasteiger partial charge in [-0.15, -0.1) is 11.8 Å². The standard InChI is InChI=1S/C8H8BrNO3S/c1-7-2-8(7,6(12)13)10-4(11)3(9)5(10)14-7/h3,5H,2H2,1H3,(H,12,13)/t3-,5+,7-,8-/m0/s1. The molecule has 1 amide bonds. The first-order valence-corrected chi connectivity index (χ1v) is 6.12. The first-order chi connectivity index (χ1) is 6.44. The van der Waals surface area contributed by atoms with Crippen LogP contribution in [0.3, 0.4) is 0 Å². The molecule has 6 heteroatoms. The average Bonchev–Trinajstić information content (AvgIpc) is 2.65. The van der Waals surface area contributed by atoms with Gasteiger partial charge in [-0.05, 0) is 6.92 Å². The van der Waals surface area contributed by atoms with Gasteiger partial charge in [-0.3, -0.25) is 4.79 Å². The molecule has 1 N–H and O–H groups in total. The van der Waals surface area contributed by atoms with Crippen molar-refractivity contribution in [1.82, 2.24) is 4.90 Å². The van der Waals surface area contributed by atoms with Crippen molar-refractivity contribution in [2.75, 3.05) is 0 Å². The SMILES string of the molecule is C[C@]12C[C@@]1(C(=O)O)N1C(=O)[C@H](Br)[C@H]1S2. The second-order valence-corrected chi connectivity index (χ2v) is 6.80. The molecule has 4 atom stereocenters. The summed E-state index contributed by atoms with van der Waals surface area (Å²) in [5.74, 6) is -0.936. The Bertz CT molecular complexity index is 376. The van der Waals surface area contributed by atoms with Crippen molar-refractivity contribution in [3.63, 3.8) is 0 Å². The van der Waals surface area contributed by atoms with Gasteiger partial charge in [0, 0.05) is 6.42 Å². The van der Waals surface area contributed by atoms with Gasteiger partial charge in [0.15, 0.2) is 5.54 Å². The molecule has 4 nitrogen and oxygen atoms in total. The summed E-state index contributed by atoms with van der Waals surface area (Å²) in [6, 6.07) is 0. The molecule has 2 saturated heterocycles. The quantitative estimate of drug-likeness (QED) is 0.565. The number of carbonyl (C=O) groups excluding carboxylic acids is 1. The zero-order valence-corrected chi connectivity index (χ0v) is 9.76. The Hall–Kier alpha value is -0.230. The fourth-order valence-corrected chi connectivity index (χ4v) is 5.15. The van der Waals surface area contributed by atoms with Crippen LogP contribution < -0.4 is 0 Å². The summed E-state index contributed by atoms with van der Waals surface area (Å²) in [7, 11) is 0. The van der Waals surface area contributed by atoms with E-state index >= 15 is 0 Å². The highest BCUT2D eigenvalue weighted by Crippen LogP contribution is 2.72. The van der Waals surface area contributed by atoms with Crippen LogP contribution in [-0.4, -0.2) is 42.4 Å². The van der Waals surface area contributed by atoms with Gasteiger partial charge in [0.1, 0.15) is 10.2 Å². The van der Waals surface area contributed by atoms with Gasteiger partial charge in [0.2, 0.25) is 5.91 Å². The number of amides is 1. The second kappa shape index (κ2) is 2.14. The Morgan fingerprint density at radius 3 is 3.00 bits per heavy atom. The van der Waals surface area contributed by atoms with Crippen LogP contribution in [0.2, 0.25) is 0 Å². The van der Waals surface area contributed by atoms with Crippen molar-refractivity contribution in [1.29, 1.82) is 0 Å². The van der Waals surface area contributed by atoms with Crippen LogP contribution in [0.15, 0.2) is 0 Å². The maximum Gasteiger partial charge on any atom is 0.331 e. The molecule has 3 aliphatic rings. The van der Waals surface area contributed by atoms with Crippen LogP contribution in [0, 0.1) is 0 Å². The number of fused-ring (bicyclic) bond motifs is 3. The third-order valence-electron chi connectivity index (χ3n) is 3.47. The van der Waals surface area contributed by atoms with E-state index in [1.165, 1.54) is 0 Å². The Morgan fingerprint density at radius 1 is 1.79 bits per heavy atom. The Morgan fingerprint density at radius 2 is 2.43 bits per heavy atom. The highest BCUT2D eigenvalue weighted by Gasteiger charge is 2.84. The maximum atomic E-state index is 11.5. The van der Waals surface area contributed by atoms with Gasteiger partial charge in [0.05, 0.1) is 4.75 Å². The first kappa shape index (κ1) is 9.03. The molecule has 3 rings (SSSR count). The summed E-state index contributed by atoms with van der Waals surface area (Å²) in [5.41, 5.74) is -0.899. The molecule has 2 heterocycles. The molecule has 1 saturated carbocycles. The van der Waals surface area contributed by atoms with Gasteiger partial charge in [-0.1, -0.05) is 15.9 Å². The number of hydrogen-bond acceptors (Lipinski definition) is 3. The molecule has 0 radical (unpaired) electrons. The molecule has 0 unspecified atom stereocenters. The molecular formula is C8H8BrNO3S. The summed E-state index contributed by atoms with van der Waals surface area (Å²) in [6.07, 6.45) is 0.585. The van der Waals surface area contributed by atoms with Crippen LogP contribution >= 0.6 is 27.7 Å². The number of carbonyl (C=O) groups is 2. The second-order valence-electron chi connectivity index (χ2n) is 4.19. The van der Waals surface area contributed by atoms with E-state index in [9.17, 15) is 14.7 Å². The molecular weight excluding hydrogens is 270 g/mol. The smallest absolute Gasteiger partial charge is 0.331 e. The highest BCUT2D eigenvalue weighted by molar-refractivity contribution is 9.10. The fourth-order valence-electron chi connectivity index (χ4n) is 2.54. The van der Waals surface area contributed by atoms with Gasteiger partial charge >= 0.3 is 5.97 Å². The van der Waals surface area contributed by atoms with E-state index in [4.69, 9.17) is 0 Å². The molecule has 0 aromatic carbocycles. The topological polar surface area (TPSA) is 57.6 Å². The third-order valence-corrected chi connectivity index (χ3v) is 6.44. The van der Waals surface area contributed by atoms with Crippen molar-refractivity contribution >= 4 is 39.6 Å². The molecule has 3 fully saturated rings. The zero-order chi connectivity index (χ0) is 10.3. The van der Waals surface area contributed by atoms with Crippen molar-refractivity contribution in [2.24, 2.45) is 0 Å². The number of carboxylic acid groups (broad SMARTS) is 1. The van der Waals surface area contributed by atoms with E-state index in [2.05, 4.69) is 15.9 Å². The van der Waals surface area contributed by atoms with Crippen LogP contribution in [-0.2, 0) is 9.59 Å². The third kappa shape index (κ3) is 0.652. The van der Waals surface area contributed by atoms with E-state index in [0.29, 0.717) is 6.42 Å². The number of β-lactam (4-membered cyclic amide) rings is 1. The summed E-state index contributed by atoms with van der Waals surface area (Å²) < 4.78 is -0.262. The van der Waals surface area contributed by atoms with E-state index < -0.39 is 11.5 Å². The number of aliphatic carboxylic acids is 1. The van der Waals surface area contributed by atoms with Crippen molar-refractivity contribution in [3.05, 3.63) is 0 Å². The van der Waals surface area contributed by atoms with E-state index in [1.54, 1.807) is 16.7 Å². The average molecular weight is 278 g/mol. The van der Waals surface area contributed by atoms with Gasteiger partial charge < -0.3 is 10.0 Å². The summed E-state index contributed by atoms with van der Waals surface area (Å²) in [4.78, 5) is 24.1. The molecule has 14 heavy (non-hydrogen) atoms. The predicted molar refractivity (Wildman–Crippen MR) is 54.3 cm³/mol. The molecule has 0 bridgehead atoms. The van der Waals surface area contributed by atoms with Crippen LogP contribution in [0.5, 0.6) is 0 Å². The number of thioether (sulfide) groups is 1. The monoisotopic (exact) mass is 277 g/mol. The predicted octanol–water partition coefficient (Wildman–Crippen LogP) is 0.651. The number of nitrogens with zero attached hydrogens (tertiary/aromatic N) is 1. The van der Waals surface area contributed by atoms with E-state index in [0.717, 1.165) is 0 Å². The summed E-state index contributed by atoms with van der Waals surface area (Å²) >= 11 is 4.88. The molecule has 0 spiro atoms. The Labute approximate surface area is 93.1 Å². The van der Waals surface area contributed by atoms with Gasteiger partial charge in [-0.2, -0.15) is 0 Å². The fraction of sp³-hybridized carbons (Fsp3) is 0.750. The number of hydrogen-bond donors (Lipinski definition) is 1. The lowest BCUT2D eigenvalue weighted by molar-refractivity contribution is -0.158. The normalized spacial score (nSPS) is 53.6. The van der Waals surface area contributed by atoms with Crippen molar-refractivity contribution < 1.29 is 14.7 Å². The van der Waals surface area contributed by atoms with E-state index in [1.807, 2.05) is 6.92 Å². The number of rotatable bonds is 1. The molecule has 0 aromatic heterocycles. The van der Waals surface area contributed by atoms with Crippen LogP contribution in [0.1, 0.15) is 13.3 Å². The number of alkyl halides is 1. The number of halogens is 1. The molecule has 0 aromatic rings. The first-order valence-electron chi connectivity index (χ1n) is 4.32. The highest BCUT2D eigenvalue weighted by atomic mass is 79.9. The minimum atomic E-state index is -0.899. The Balaban J connectivity index is 2.03. The van der Waals surface area contributed by atoms with Gasteiger partial charge in [-0.25, -0.2) is 4.79 Å². The van der Waals surface area contributed by atoms with Crippen LogP contribution in [0.4, 0.5) is 0 Å². The lowest BCUT2D eigenvalue weighted by Gasteiger charge is -2.43. The lowest BCUT2D eigenvalue weighted by atomic mass is 10.1. The Kier molecular flexibility index (Phi) is 1.38. The largest absolute Gasteiger partial charge is 0.479 e. The van der Waals surface area contributed by atoms with Crippen LogP contribution in [0.25, 0.3) is 0 Å². The van der Waals surface area contributed by atoms with E-state index in [-0.39, 0.29) is 20.9 Å². The minimum Gasteiger partial charge on any atom is -0.479 e. The molecule has 76 valence electrons. The van der Waals surface area contributed by atoms with Crippen molar-refractivity contribution in [3.8, 4) is 0 Å². The van der Waals surface area contributed by atoms with Gasteiger partial charge in [0.25, 0.3) is 0 Å². The lowest BCUT2D eigenvalue weighted by Crippen LogP contribution is -2.64.